The predicted molar refractivity (Wildman–Crippen MR) is 124 cm³/mol. The Hall–Kier alpha value is -3.96. The van der Waals surface area contributed by atoms with Crippen molar-refractivity contribution in [2.45, 2.75) is 17.5 Å². The fraction of sp³-hybridized carbons (Fsp3) is 0.0909. The Bertz CT molecular complexity index is 1410. The molecule has 12 heteroatoms. The van der Waals surface area contributed by atoms with Gasteiger partial charge in [0, 0.05) is 28.3 Å². The highest BCUT2D eigenvalue weighted by Gasteiger charge is 2.18. The second-order valence-electron chi connectivity index (χ2n) is 7.07. The maximum absolute atomic E-state index is 10.8. The summed E-state index contributed by atoms with van der Waals surface area (Å²) in [6.45, 7) is 0.443. The lowest BCUT2D eigenvalue weighted by atomic mass is 10.2. The molecule has 3 aromatic heterocycles. The van der Waals surface area contributed by atoms with Crippen LogP contribution < -0.4 is 0 Å². The average molecular weight is 495 g/mol. The molecular formula is C22H15ClN6O4S. The van der Waals surface area contributed by atoms with Gasteiger partial charge in [-0.3, -0.25) is 14.7 Å². The van der Waals surface area contributed by atoms with E-state index < -0.39 is 4.92 Å². The Balaban J connectivity index is 1.36. The number of nitrogens with zero attached hydrogens (tertiary/aromatic N) is 6. The number of thioether (sulfide) groups is 1. The van der Waals surface area contributed by atoms with Crippen LogP contribution in [0, 0.1) is 10.1 Å². The number of benzene rings is 2. The molecule has 3 heterocycles. The van der Waals surface area contributed by atoms with E-state index in [9.17, 15) is 10.1 Å². The molecule has 0 radical (unpaired) electrons. The van der Waals surface area contributed by atoms with Crippen LogP contribution in [0.4, 0.5) is 5.69 Å². The molecule has 0 bridgehead atoms. The predicted octanol–water partition coefficient (Wildman–Crippen LogP) is 5.49. The summed E-state index contributed by atoms with van der Waals surface area (Å²) in [5, 5.41) is 29.0. The summed E-state index contributed by atoms with van der Waals surface area (Å²) in [6, 6.07) is 17.0. The summed E-state index contributed by atoms with van der Waals surface area (Å²) in [4.78, 5) is 10.4. The summed E-state index contributed by atoms with van der Waals surface area (Å²) in [5.41, 5.74) is 1.46. The van der Waals surface area contributed by atoms with Crippen LogP contribution in [-0.2, 0) is 12.3 Å². The number of furan rings is 1. The zero-order valence-electron chi connectivity index (χ0n) is 17.4. The van der Waals surface area contributed by atoms with Crippen LogP contribution in [0.2, 0.25) is 5.02 Å². The van der Waals surface area contributed by atoms with Crippen molar-refractivity contribution in [2.75, 3.05) is 0 Å². The molecule has 0 saturated carbocycles. The number of aromatic nitrogens is 5. The minimum atomic E-state index is -0.461. The summed E-state index contributed by atoms with van der Waals surface area (Å²) < 4.78 is 13.2. The molecule has 34 heavy (non-hydrogen) atoms. The first-order valence-electron chi connectivity index (χ1n) is 9.98. The molecule has 5 rings (SSSR count). The first kappa shape index (κ1) is 21.9. The molecule has 170 valence electrons. The minimum absolute atomic E-state index is 0.00794. The number of hydrogen-bond acceptors (Lipinski definition) is 9. The second-order valence-corrected chi connectivity index (χ2v) is 8.45. The maximum atomic E-state index is 10.8. The van der Waals surface area contributed by atoms with Crippen molar-refractivity contribution in [3.63, 3.8) is 0 Å². The van der Waals surface area contributed by atoms with Crippen LogP contribution in [0.1, 0.15) is 11.7 Å². The molecule has 0 aliphatic carbocycles. The molecule has 0 spiro atoms. The van der Waals surface area contributed by atoms with Crippen LogP contribution in [0.5, 0.6) is 0 Å². The van der Waals surface area contributed by atoms with Gasteiger partial charge in [-0.25, -0.2) is 0 Å². The van der Waals surface area contributed by atoms with Crippen LogP contribution >= 0.6 is 23.4 Å². The third-order valence-electron chi connectivity index (χ3n) is 4.83. The molecule has 0 N–H and O–H groups in total. The summed E-state index contributed by atoms with van der Waals surface area (Å²) >= 11 is 7.42. The Kier molecular flexibility index (Phi) is 6.11. The molecule has 0 fully saturated rings. The highest BCUT2D eigenvalue weighted by Crippen LogP contribution is 2.29. The zero-order chi connectivity index (χ0) is 23.5. The Labute approximate surface area is 201 Å². The van der Waals surface area contributed by atoms with E-state index in [0.717, 1.165) is 11.3 Å². The minimum Gasteiger partial charge on any atom is -0.467 e. The number of nitro groups is 1. The van der Waals surface area contributed by atoms with Crippen molar-refractivity contribution in [1.82, 2.24) is 25.0 Å². The van der Waals surface area contributed by atoms with Crippen molar-refractivity contribution in [2.24, 2.45) is 0 Å². The van der Waals surface area contributed by atoms with Crippen molar-refractivity contribution in [1.29, 1.82) is 0 Å². The van der Waals surface area contributed by atoms with Gasteiger partial charge < -0.3 is 8.83 Å². The van der Waals surface area contributed by atoms with E-state index in [4.69, 9.17) is 20.4 Å². The molecule has 2 aromatic carbocycles. The number of rotatable bonds is 8. The van der Waals surface area contributed by atoms with E-state index in [2.05, 4.69) is 20.4 Å². The van der Waals surface area contributed by atoms with E-state index in [-0.39, 0.29) is 11.6 Å². The van der Waals surface area contributed by atoms with E-state index in [0.29, 0.717) is 39.8 Å². The Morgan fingerprint density at radius 2 is 1.74 bits per heavy atom. The standard InChI is InChI=1S/C22H15ClN6O4S/c23-16-7-3-14(4-8-16)20-25-27-22(28(20)12-18-2-1-11-32-18)34-13-19-24-26-21(33-19)15-5-9-17(10-6-15)29(30)31/h1-11H,12-13H2. The lowest BCUT2D eigenvalue weighted by Gasteiger charge is -2.08. The molecule has 0 amide bonds. The van der Waals surface area contributed by atoms with Gasteiger partial charge in [0.15, 0.2) is 11.0 Å². The summed E-state index contributed by atoms with van der Waals surface area (Å²) in [6.07, 6.45) is 1.62. The third-order valence-corrected chi connectivity index (χ3v) is 6.03. The number of halogens is 1. The molecule has 0 atom stereocenters. The van der Waals surface area contributed by atoms with Crippen LogP contribution in [0.15, 0.2) is 80.9 Å². The van der Waals surface area contributed by atoms with E-state index in [1.54, 1.807) is 30.5 Å². The van der Waals surface area contributed by atoms with Gasteiger partial charge >= 0.3 is 0 Å². The number of hydrogen-bond donors (Lipinski definition) is 0. The van der Waals surface area contributed by atoms with Gasteiger partial charge in [-0.05, 0) is 48.5 Å². The molecule has 10 nitrogen and oxygen atoms in total. The quantitative estimate of drug-likeness (QED) is 0.156. The normalized spacial score (nSPS) is 11.1. The van der Waals surface area contributed by atoms with Crippen LogP contribution in [0.25, 0.3) is 22.8 Å². The average Bonchev–Trinajstić information content (AvgIpc) is 3.61. The molecule has 0 saturated heterocycles. The Morgan fingerprint density at radius 1 is 0.971 bits per heavy atom. The SMILES string of the molecule is O=[N+]([O-])c1ccc(-c2nnc(CSc3nnc(-c4ccc(Cl)cc4)n3Cc3ccco3)o2)cc1. The lowest BCUT2D eigenvalue weighted by Crippen LogP contribution is -2.03. The third kappa shape index (κ3) is 4.70. The molecule has 0 aliphatic heterocycles. The second kappa shape index (κ2) is 9.49. The van der Waals surface area contributed by atoms with Gasteiger partial charge in [0.25, 0.3) is 5.69 Å². The van der Waals surface area contributed by atoms with Crippen molar-refractivity contribution in [3.8, 4) is 22.8 Å². The zero-order valence-corrected chi connectivity index (χ0v) is 18.9. The Morgan fingerprint density at radius 3 is 2.44 bits per heavy atom. The van der Waals surface area contributed by atoms with Crippen LogP contribution in [-0.4, -0.2) is 29.9 Å². The highest BCUT2D eigenvalue weighted by molar-refractivity contribution is 7.98. The first-order chi connectivity index (χ1) is 16.6. The van der Waals surface area contributed by atoms with E-state index >= 15 is 0 Å². The van der Waals surface area contributed by atoms with Crippen molar-refractivity contribution >= 4 is 29.1 Å². The van der Waals surface area contributed by atoms with Crippen molar-refractivity contribution in [3.05, 3.63) is 93.7 Å². The monoisotopic (exact) mass is 494 g/mol. The largest absolute Gasteiger partial charge is 0.467 e. The maximum Gasteiger partial charge on any atom is 0.269 e. The topological polar surface area (TPSA) is 126 Å². The van der Waals surface area contributed by atoms with Gasteiger partial charge in [-0.15, -0.1) is 20.4 Å². The van der Waals surface area contributed by atoms with Gasteiger partial charge in [-0.2, -0.15) is 0 Å². The van der Waals surface area contributed by atoms with Gasteiger partial charge in [-0.1, -0.05) is 23.4 Å². The fourth-order valence-corrected chi connectivity index (χ4v) is 4.09. The fourth-order valence-electron chi connectivity index (χ4n) is 3.19. The highest BCUT2D eigenvalue weighted by atomic mass is 35.5. The summed E-state index contributed by atoms with van der Waals surface area (Å²) in [7, 11) is 0. The molecule has 0 unspecified atom stereocenters. The lowest BCUT2D eigenvalue weighted by molar-refractivity contribution is -0.384. The van der Waals surface area contributed by atoms with Crippen LogP contribution in [0.3, 0.4) is 0 Å². The molecule has 0 aliphatic rings. The van der Waals surface area contributed by atoms with E-state index in [1.165, 1.54) is 23.9 Å². The summed E-state index contributed by atoms with van der Waals surface area (Å²) in [5.74, 6) is 2.46. The van der Waals surface area contributed by atoms with Crippen molar-refractivity contribution < 1.29 is 13.8 Å². The van der Waals surface area contributed by atoms with Gasteiger partial charge in [0.2, 0.25) is 11.8 Å². The van der Waals surface area contributed by atoms with Gasteiger partial charge in [0.1, 0.15) is 5.76 Å². The smallest absolute Gasteiger partial charge is 0.269 e. The number of non-ortho nitro benzene ring substituents is 1. The molecule has 5 aromatic rings. The first-order valence-corrected chi connectivity index (χ1v) is 11.3. The number of nitro benzene ring substituents is 1. The van der Waals surface area contributed by atoms with E-state index in [1.807, 2.05) is 28.8 Å². The van der Waals surface area contributed by atoms with Gasteiger partial charge in [0.05, 0.1) is 23.5 Å². The molecular weight excluding hydrogens is 480 g/mol.